The van der Waals surface area contributed by atoms with Crippen molar-refractivity contribution >= 4 is 5.96 Å². The Kier molecular flexibility index (Phi) is 5.88. The smallest absolute Gasteiger partial charge is 0.228 e. The van der Waals surface area contributed by atoms with Crippen LogP contribution >= 0.6 is 0 Å². The molecule has 0 radical (unpaired) electrons. The average Bonchev–Trinajstić information content (AvgIpc) is 2.93. The number of hydrogen-bond donors (Lipinski definition) is 2. The molecule has 0 amide bonds. The number of aliphatic imine (C=N–C) groups is 1. The van der Waals surface area contributed by atoms with Gasteiger partial charge in [-0.1, -0.05) is 17.3 Å². The first-order valence-corrected chi connectivity index (χ1v) is 7.15. The highest BCUT2D eigenvalue weighted by atomic mass is 19.1. The van der Waals surface area contributed by atoms with E-state index in [1.165, 1.54) is 12.1 Å². The van der Waals surface area contributed by atoms with E-state index in [2.05, 4.69) is 25.8 Å². The van der Waals surface area contributed by atoms with E-state index < -0.39 is 0 Å². The lowest BCUT2D eigenvalue weighted by atomic mass is 10.1. The molecule has 6 nitrogen and oxygen atoms in total. The highest BCUT2D eigenvalue weighted by Gasteiger charge is 2.03. The van der Waals surface area contributed by atoms with E-state index in [1.54, 1.807) is 26.1 Å². The summed E-state index contributed by atoms with van der Waals surface area (Å²) in [4.78, 5) is 8.27. The lowest BCUT2D eigenvalue weighted by molar-refractivity contribution is 0.374. The van der Waals surface area contributed by atoms with Crippen LogP contribution in [-0.2, 0) is 12.8 Å². The number of nitrogens with one attached hydrogen (secondary N) is 2. The van der Waals surface area contributed by atoms with Gasteiger partial charge in [0.05, 0.1) is 0 Å². The normalized spacial score (nSPS) is 11.5. The Morgan fingerprint density at radius 1 is 1.18 bits per heavy atom. The molecule has 1 heterocycles. The molecule has 1 aromatic carbocycles. The number of hydrogen-bond acceptors (Lipinski definition) is 4. The highest BCUT2D eigenvalue weighted by Crippen LogP contribution is 2.02. The minimum Gasteiger partial charge on any atom is -0.356 e. The number of rotatable bonds is 6. The minimum absolute atomic E-state index is 0.217. The zero-order chi connectivity index (χ0) is 15.8. The van der Waals surface area contributed by atoms with Crippen molar-refractivity contribution < 1.29 is 8.91 Å². The van der Waals surface area contributed by atoms with Gasteiger partial charge in [-0.3, -0.25) is 4.99 Å². The van der Waals surface area contributed by atoms with Crippen LogP contribution in [0.2, 0.25) is 0 Å². The van der Waals surface area contributed by atoms with Gasteiger partial charge in [-0.25, -0.2) is 4.39 Å². The summed E-state index contributed by atoms with van der Waals surface area (Å²) in [5, 5.41) is 10.1. The van der Waals surface area contributed by atoms with Gasteiger partial charge in [0.2, 0.25) is 5.89 Å². The molecular weight excluding hydrogens is 285 g/mol. The molecule has 0 atom stereocenters. The molecule has 0 fully saturated rings. The summed E-state index contributed by atoms with van der Waals surface area (Å²) in [6.07, 6.45) is 1.43. The monoisotopic (exact) mass is 305 g/mol. The molecule has 0 saturated heterocycles. The molecule has 7 heteroatoms. The number of aryl methyl sites for hydroxylation is 1. The Bertz CT molecular complexity index is 609. The summed E-state index contributed by atoms with van der Waals surface area (Å²) >= 11 is 0. The van der Waals surface area contributed by atoms with Crippen molar-refractivity contribution in [1.82, 2.24) is 20.8 Å². The van der Waals surface area contributed by atoms with E-state index in [9.17, 15) is 4.39 Å². The quantitative estimate of drug-likeness (QED) is 0.624. The molecular formula is C15H20FN5O. The number of halogens is 1. The SMILES string of the molecule is CN=C(NCCc1ccc(F)cc1)NCCc1nc(C)no1. The topological polar surface area (TPSA) is 75.3 Å². The molecule has 2 rings (SSSR count). The maximum absolute atomic E-state index is 12.8. The van der Waals surface area contributed by atoms with Gasteiger partial charge in [-0.2, -0.15) is 4.98 Å². The first-order valence-electron chi connectivity index (χ1n) is 7.15. The lowest BCUT2D eigenvalue weighted by Gasteiger charge is -2.11. The van der Waals surface area contributed by atoms with Crippen LogP contribution in [0, 0.1) is 12.7 Å². The van der Waals surface area contributed by atoms with Crippen molar-refractivity contribution in [2.24, 2.45) is 4.99 Å². The second-order valence-electron chi connectivity index (χ2n) is 4.79. The zero-order valence-electron chi connectivity index (χ0n) is 12.8. The summed E-state index contributed by atoms with van der Waals surface area (Å²) in [6, 6.07) is 6.50. The number of benzene rings is 1. The van der Waals surface area contributed by atoms with E-state index in [-0.39, 0.29) is 5.82 Å². The van der Waals surface area contributed by atoms with Crippen LogP contribution in [-0.4, -0.2) is 36.2 Å². The Labute approximate surface area is 128 Å². The number of guanidine groups is 1. The highest BCUT2D eigenvalue weighted by molar-refractivity contribution is 5.79. The van der Waals surface area contributed by atoms with E-state index in [4.69, 9.17) is 4.52 Å². The van der Waals surface area contributed by atoms with Gasteiger partial charge in [-0.15, -0.1) is 0 Å². The molecule has 0 saturated carbocycles. The maximum atomic E-state index is 12.8. The third-order valence-electron chi connectivity index (χ3n) is 3.04. The Morgan fingerprint density at radius 3 is 2.45 bits per heavy atom. The molecule has 2 aromatic rings. The number of aromatic nitrogens is 2. The third kappa shape index (κ3) is 5.16. The van der Waals surface area contributed by atoms with Crippen LogP contribution < -0.4 is 10.6 Å². The molecule has 118 valence electrons. The van der Waals surface area contributed by atoms with E-state index in [0.717, 1.165) is 12.0 Å². The van der Waals surface area contributed by atoms with Gasteiger partial charge < -0.3 is 15.2 Å². The lowest BCUT2D eigenvalue weighted by Crippen LogP contribution is -2.39. The van der Waals surface area contributed by atoms with Crippen LogP contribution in [0.4, 0.5) is 4.39 Å². The van der Waals surface area contributed by atoms with Gasteiger partial charge >= 0.3 is 0 Å². The standard InChI is InChI=1S/C15H20FN5O/c1-11-20-14(22-21-11)8-10-19-15(17-2)18-9-7-12-3-5-13(16)6-4-12/h3-6H,7-10H2,1-2H3,(H2,17,18,19). The fraction of sp³-hybridized carbons (Fsp3) is 0.400. The average molecular weight is 305 g/mol. The number of nitrogens with zero attached hydrogens (tertiary/aromatic N) is 3. The van der Waals surface area contributed by atoms with Gasteiger partial charge in [0.15, 0.2) is 11.8 Å². The van der Waals surface area contributed by atoms with Gasteiger partial charge in [0, 0.05) is 26.6 Å². The molecule has 0 spiro atoms. The molecule has 1 aromatic heterocycles. The largest absolute Gasteiger partial charge is 0.356 e. The maximum Gasteiger partial charge on any atom is 0.228 e. The summed E-state index contributed by atoms with van der Waals surface area (Å²) in [7, 11) is 1.71. The molecule has 0 bridgehead atoms. The molecule has 0 unspecified atom stereocenters. The van der Waals surface area contributed by atoms with Crippen LogP contribution in [0.1, 0.15) is 17.3 Å². The van der Waals surface area contributed by atoms with Gasteiger partial charge in [0.25, 0.3) is 0 Å². The molecule has 0 aliphatic heterocycles. The van der Waals surface area contributed by atoms with Crippen molar-refractivity contribution in [2.75, 3.05) is 20.1 Å². The summed E-state index contributed by atoms with van der Waals surface area (Å²) < 4.78 is 17.8. The van der Waals surface area contributed by atoms with E-state index in [1.807, 2.05) is 0 Å². The van der Waals surface area contributed by atoms with Gasteiger partial charge in [0.1, 0.15) is 5.82 Å². The van der Waals surface area contributed by atoms with Crippen LogP contribution in [0.5, 0.6) is 0 Å². The van der Waals surface area contributed by atoms with Crippen molar-refractivity contribution in [1.29, 1.82) is 0 Å². The van der Waals surface area contributed by atoms with Crippen molar-refractivity contribution in [2.45, 2.75) is 19.8 Å². The molecule has 22 heavy (non-hydrogen) atoms. The van der Waals surface area contributed by atoms with Crippen molar-refractivity contribution in [3.63, 3.8) is 0 Å². The zero-order valence-corrected chi connectivity index (χ0v) is 12.8. The third-order valence-corrected chi connectivity index (χ3v) is 3.04. The molecule has 0 aliphatic rings. The van der Waals surface area contributed by atoms with Crippen molar-refractivity contribution in [3.05, 3.63) is 47.4 Å². The fourth-order valence-corrected chi connectivity index (χ4v) is 1.93. The van der Waals surface area contributed by atoms with E-state index in [0.29, 0.717) is 37.2 Å². The first kappa shape index (κ1) is 15.9. The second kappa shape index (κ2) is 8.11. The first-order chi connectivity index (χ1) is 10.7. The van der Waals surface area contributed by atoms with Crippen LogP contribution in [0.25, 0.3) is 0 Å². The Balaban J connectivity index is 1.67. The molecule has 2 N–H and O–H groups in total. The van der Waals surface area contributed by atoms with Gasteiger partial charge in [-0.05, 0) is 31.0 Å². The summed E-state index contributed by atoms with van der Waals surface area (Å²) in [6.45, 7) is 3.15. The predicted octanol–water partition coefficient (Wildman–Crippen LogP) is 1.47. The molecule has 0 aliphatic carbocycles. The van der Waals surface area contributed by atoms with Crippen LogP contribution in [0.3, 0.4) is 0 Å². The van der Waals surface area contributed by atoms with E-state index >= 15 is 0 Å². The van der Waals surface area contributed by atoms with Crippen molar-refractivity contribution in [3.8, 4) is 0 Å². The second-order valence-corrected chi connectivity index (χ2v) is 4.79. The summed E-state index contributed by atoms with van der Waals surface area (Å²) in [5.74, 6) is 1.73. The Morgan fingerprint density at radius 2 is 1.86 bits per heavy atom. The minimum atomic E-state index is -0.217. The fourth-order valence-electron chi connectivity index (χ4n) is 1.93. The van der Waals surface area contributed by atoms with Crippen LogP contribution in [0.15, 0.2) is 33.8 Å². The predicted molar refractivity (Wildman–Crippen MR) is 82.2 cm³/mol. The Hall–Kier alpha value is -2.44. The summed E-state index contributed by atoms with van der Waals surface area (Å²) in [5.41, 5.74) is 1.07.